The number of nitrogens with zero attached hydrogens (tertiary/aromatic N) is 1. The first kappa shape index (κ1) is 16.9. The van der Waals surface area contributed by atoms with Gasteiger partial charge in [-0.1, -0.05) is 34.1 Å². The Hall–Kier alpha value is -0.420. The Balaban J connectivity index is 1.95. The highest BCUT2D eigenvalue weighted by Gasteiger charge is 2.37. The van der Waals surface area contributed by atoms with E-state index in [-0.39, 0.29) is 11.2 Å². The Morgan fingerprint density at radius 1 is 1.19 bits per heavy atom. The zero-order chi connectivity index (χ0) is 15.7. The summed E-state index contributed by atoms with van der Waals surface area (Å²) in [7, 11) is 0. The molecule has 1 aromatic carbocycles. The van der Waals surface area contributed by atoms with Crippen LogP contribution in [0.4, 0.5) is 0 Å². The first-order valence-electron chi connectivity index (χ1n) is 7.54. The molecule has 1 unspecified atom stereocenters. The maximum absolute atomic E-state index is 10.4. The maximum atomic E-state index is 10.4. The van der Waals surface area contributed by atoms with Crippen molar-refractivity contribution in [2.75, 3.05) is 19.6 Å². The number of halogens is 1. The molecule has 1 aliphatic rings. The number of rotatable bonds is 4. The van der Waals surface area contributed by atoms with Crippen molar-refractivity contribution in [1.82, 2.24) is 4.90 Å². The van der Waals surface area contributed by atoms with Gasteiger partial charge in [-0.3, -0.25) is 4.90 Å². The lowest BCUT2D eigenvalue weighted by Gasteiger charge is -2.47. The lowest BCUT2D eigenvalue weighted by molar-refractivity contribution is -0.181. The van der Waals surface area contributed by atoms with Gasteiger partial charge in [0, 0.05) is 24.1 Å². The van der Waals surface area contributed by atoms with Crippen LogP contribution in [0.2, 0.25) is 0 Å². The van der Waals surface area contributed by atoms with Crippen LogP contribution in [0, 0.1) is 0 Å². The topological polar surface area (TPSA) is 32.7 Å². The molecular formula is C17H26BrNO2. The Bertz CT molecular complexity index is 471. The average Bonchev–Trinajstić information content (AvgIpc) is 2.33. The highest BCUT2D eigenvalue weighted by Crippen LogP contribution is 2.30. The molecule has 1 fully saturated rings. The van der Waals surface area contributed by atoms with Gasteiger partial charge in [-0.15, -0.1) is 0 Å². The zero-order valence-electron chi connectivity index (χ0n) is 13.4. The second-order valence-electron chi connectivity index (χ2n) is 7.16. The molecular weight excluding hydrogens is 330 g/mol. The van der Waals surface area contributed by atoms with Gasteiger partial charge < -0.3 is 9.84 Å². The van der Waals surface area contributed by atoms with Gasteiger partial charge in [-0.25, -0.2) is 0 Å². The van der Waals surface area contributed by atoms with Crippen LogP contribution in [0.3, 0.4) is 0 Å². The van der Waals surface area contributed by atoms with Crippen LogP contribution in [0.5, 0.6) is 0 Å². The SMILES string of the molecule is CC1(C)CN(CCC(O)c2ccccc2Br)CC(C)(C)O1. The zero-order valence-corrected chi connectivity index (χ0v) is 15.0. The molecule has 3 nitrogen and oxygen atoms in total. The summed E-state index contributed by atoms with van der Waals surface area (Å²) in [5.41, 5.74) is 0.685. The minimum absolute atomic E-state index is 0.139. The van der Waals surface area contributed by atoms with Crippen LogP contribution in [0.1, 0.15) is 45.8 Å². The van der Waals surface area contributed by atoms with Crippen LogP contribution >= 0.6 is 15.9 Å². The van der Waals surface area contributed by atoms with Gasteiger partial charge in [-0.05, 0) is 45.7 Å². The van der Waals surface area contributed by atoms with E-state index in [0.717, 1.165) is 36.1 Å². The smallest absolute Gasteiger partial charge is 0.0813 e. The quantitative estimate of drug-likeness (QED) is 0.892. The van der Waals surface area contributed by atoms with Gasteiger partial charge in [0.25, 0.3) is 0 Å². The monoisotopic (exact) mass is 355 g/mol. The molecule has 0 amide bonds. The van der Waals surface area contributed by atoms with Gasteiger partial charge in [0.05, 0.1) is 17.3 Å². The molecule has 1 aromatic rings. The molecule has 0 radical (unpaired) electrons. The van der Waals surface area contributed by atoms with Gasteiger partial charge in [0.1, 0.15) is 0 Å². The minimum Gasteiger partial charge on any atom is -0.388 e. The highest BCUT2D eigenvalue weighted by molar-refractivity contribution is 9.10. The Kier molecular flexibility index (Phi) is 5.14. The molecule has 0 bridgehead atoms. The number of morpholine rings is 1. The van der Waals surface area contributed by atoms with Crippen LogP contribution in [0.15, 0.2) is 28.7 Å². The molecule has 1 saturated heterocycles. The summed E-state index contributed by atoms with van der Waals surface area (Å²) in [5, 5.41) is 10.4. The first-order chi connectivity index (χ1) is 9.69. The Labute approximate surface area is 136 Å². The number of aliphatic hydroxyl groups is 1. The highest BCUT2D eigenvalue weighted by atomic mass is 79.9. The number of hydrogen-bond donors (Lipinski definition) is 1. The minimum atomic E-state index is -0.436. The van der Waals surface area contributed by atoms with E-state index >= 15 is 0 Å². The maximum Gasteiger partial charge on any atom is 0.0813 e. The molecule has 1 atom stereocenters. The van der Waals surface area contributed by atoms with Crippen molar-refractivity contribution in [3.8, 4) is 0 Å². The Morgan fingerprint density at radius 3 is 2.33 bits per heavy atom. The fraction of sp³-hybridized carbons (Fsp3) is 0.647. The number of hydrogen-bond acceptors (Lipinski definition) is 3. The summed E-state index contributed by atoms with van der Waals surface area (Å²) < 4.78 is 7.06. The average molecular weight is 356 g/mol. The molecule has 21 heavy (non-hydrogen) atoms. The van der Waals surface area contributed by atoms with Crippen molar-refractivity contribution in [1.29, 1.82) is 0 Å². The summed E-state index contributed by atoms with van der Waals surface area (Å²) in [6, 6.07) is 7.87. The van der Waals surface area contributed by atoms with Crippen LogP contribution < -0.4 is 0 Å². The molecule has 4 heteroatoms. The van der Waals surface area contributed by atoms with E-state index in [1.807, 2.05) is 24.3 Å². The third-order valence-corrected chi connectivity index (χ3v) is 4.47. The van der Waals surface area contributed by atoms with Crippen molar-refractivity contribution < 1.29 is 9.84 Å². The van der Waals surface area contributed by atoms with Crippen molar-refractivity contribution in [3.63, 3.8) is 0 Å². The van der Waals surface area contributed by atoms with E-state index in [9.17, 15) is 5.11 Å². The van der Waals surface area contributed by atoms with E-state index in [1.165, 1.54) is 0 Å². The molecule has 0 aromatic heterocycles. The van der Waals surface area contributed by atoms with Gasteiger partial charge in [-0.2, -0.15) is 0 Å². The fourth-order valence-electron chi connectivity index (χ4n) is 3.31. The van der Waals surface area contributed by atoms with E-state index in [4.69, 9.17) is 4.74 Å². The predicted molar refractivity (Wildman–Crippen MR) is 89.4 cm³/mol. The van der Waals surface area contributed by atoms with E-state index in [0.29, 0.717) is 0 Å². The third-order valence-electron chi connectivity index (χ3n) is 3.74. The lowest BCUT2D eigenvalue weighted by Crippen LogP contribution is -2.57. The molecule has 2 rings (SSSR count). The van der Waals surface area contributed by atoms with Gasteiger partial charge in [0.2, 0.25) is 0 Å². The van der Waals surface area contributed by atoms with Crippen molar-refractivity contribution in [2.24, 2.45) is 0 Å². The fourth-order valence-corrected chi connectivity index (χ4v) is 3.86. The van der Waals surface area contributed by atoms with Crippen molar-refractivity contribution in [3.05, 3.63) is 34.3 Å². The molecule has 0 spiro atoms. The van der Waals surface area contributed by atoms with E-state index < -0.39 is 6.10 Å². The Morgan fingerprint density at radius 2 is 1.76 bits per heavy atom. The largest absolute Gasteiger partial charge is 0.388 e. The second kappa shape index (κ2) is 6.37. The molecule has 0 saturated carbocycles. The molecule has 118 valence electrons. The molecule has 1 heterocycles. The van der Waals surface area contributed by atoms with Crippen LogP contribution in [0.25, 0.3) is 0 Å². The second-order valence-corrected chi connectivity index (χ2v) is 8.01. The number of benzene rings is 1. The summed E-state index contributed by atoms with van der Waals surface area (Å²) in [5.74, 6) is 0. The van der Waals surface area contributed by atoms with Crippen LogP contribution in [-0.4, -0.2) is 40.8 Å². The number of ether oxygens (including phenoxy) is 1. The van der Waals surface area contributed by atoms with Crippen molar-refractivity contribution >= 4 is 15.9 Å². The molecule has 1 aliphatic heterocycles. The summed E-state index contributed by atoms with van der Waals surface area (Å²) in [6.07, 6.45) is 0.295. The molecule has 0 aliphatic carbocycles. The standard InChI is InChI=1S/C17H26BrNO2/c1-16(2)11-19(12-17(3,4)21-16)10-9-15(20)13-7-5-6-8-14(13)18/h5-8,15,20H,9-12H2,1-4H3. The van der Waals surface area contributed by atoms with Crippen molar-refractivity contribution in [2.45, 2.75) is 51.4 Å². The lowest BCUT2D eigenvalue weighted by atomic mass is 9.98. The first-order valence-corrected chi connectivity index (χ1v) is 8.33. The van der Waals surface area contributed by atoms with Gasteiger partial charge in [0.15, 0.2) is 0 Å². The van der Waals surface area contributed by atoms with E-state index in [1.54, 1.807) is 0 Å². The third kappa shape index (κ3) is 4.78. The predicted octanol–water partition coefficient (Wildman–Crippen LogP) is 3.76. The number of aliphatic hydroxyl groups excluding tert-OH is 1. The van der Waals surface area contributed by atoms with E-state index in [2.05, 4.69) is 48.5 Å². The van der Waals surface area contributed by atoms with Gasteiger partial charge >= 0.3 is 0 Å². The normalized spacial score (nSPS) is 23.0. The summed E-state index contributed by atoms with van der Waals surface area (Å²) in [4.78, 5) is 2.39. The summed E-state index contributed by atoms with van der Waals surface area (Å²) >= 11 is 3.51. The summed E-state index contributed by atoms with van der Waals surface area (Å²) in [6.45, 7) is 11.2. The molecule has 1 N–H and O–H groups in total. The van der Waals surface area contributed by atoms with Crippen LogP contribution in [-0.2, 0) is 4.74 Å².